The molecule has 5 aliphatic carbocycles. The van der Waals surface area contributed by atoms with Crippen molar-refractivity contribution < 1.29 is 84.2 Å². The normalized spacial score (nSPS) is 59.2. The number of ether oxygens (including phenoxy) is 7. The highest BCUT2D eigenvalue weighted by atomic mass is 16.8. The Morgan fingerprint density at radius 3 is 1.86 bits per heavy atom. The van der Waals surface area contributed by atoms with Crippen molar-refractivity contribution in [2.45, 2.75) is 223 Å². The Morgan fingerprint density at radius 2 is 1.20 bits per heavy atom. The van der Waals surface area contributed by atoms with Crippen LogP contribution < -0.4 is 0 Å². The summed E-state index contributed by atoms with van der Waals surface area (Å²) in [4.78, 5) is 0. The van der Waals surface area contributed by atoms with E-state index in [-0.39, 0.29) is 39.4 Å². The molecule has 26 atom stereocenters. The van der Waals surface area contributed by atoms with Gasteiger partial charge in [-0.05, 0) is 92.3 Å². The highest BCUT2D eigenvalue weighted by molar-refractivity contribution is 5.36. The Morgan fingerprint density at radius 1 is 0.600 bits per heavy atom. The van der Waals surface area contributed by atoms with Crippen molar-refractivity contribution in [3.8, 4) is 0 Å². The molecule has 0 aromatic carbocycles. The Labute approximate surface area is 382 Å². The lowest BCUT2D eigenvalue weighted by molar-refractivity contribution is -0.396. The molecule has 4 aliphatic heterocycles. The van der Waals surface area contributed by atoms with Gasteiger partial charge in [0.05, 0.1) is 49.3 Å². The Kier molecular flexibility index (Phi) is 12.3. The van der Waals surface area contributed by atoms with Gasteiger partial charge < -0.3 is 84.2 Å². The SMILES string of the molecule is CC1OC(OC2C(OC3C(OC4CCC5(C)C(CCC6(C)C5C=CC57OCC8(CC(O)C(C)(C)CC85)C(O)CC67C)C4(C)C)OC(C)C(O)C3O)OC(CO)C(O)C2O)C(O)C(O)C1O. The van der Waals surface area contributed by atoms with Crippen molar-refractivity contribution in [1.82, 2.24) is 0 Å². The van der Waals surface area contributed by atoms with E-state index in [4.69, 9.17) is 33.2 Å². The molecular weight excluding hydrogens is 849 g/mol. The standard InChI is InChI=1S/C48H78O17/c1-21-30(52)33(55)36(58)39(60-21)64-38-35(57)32(54)23(19-49)62-41(38)65-37-34(56)31(53)22(2)61-40(37)63-29-12-13-44(7)24(43(29,5)6)10-14-45(8)25(44)11-15-48-26-16-42(3,4)27(50)18-47(26,20-59-48)28(51)17-46(45,48)9/h11,15,21-41,49-58H,10,12-14,16-20H2,1-9H3. The molecule has 0 amide bonds. The summed E-state index contributed by atoms with van der Waals surface area (Å²) in [5, 5.41) is 110. The number of aliphatic hydroxyl groups is 10. The molecule has 17 heteroatoms. The molecule has 0 aromatic rings. The third-order valence-corrected chi connectivity index (χ3v) is 20.0. The number of aliphatic hydroxyl groups excluding tert-OH is 10. The molecule has 17 nitrogen and oxygen atoms in total. The van der Waals surface area contributed by atoms with Crippen LogP contribution in [0.1, 0.15) is 107 Å². The van der Waals surface area contributed by atoms with Crippen LogP contribution in [-0.4, -0.2) is 180 Å². The van der Waals surface area contributed by atoms with Crippen molar-refractivity contribution in [3.63, 3.8) is 0 Å². The number of hydrogen-bond donors (Lipinski definition) is 10. The summed E-state index contributed by atoms with van der Waals surface area (Å²) in [5.41, 5.74) is -2.62. The van der Waals surface area contributed by atoms with Crippen molar-refractivity contribution in [3.05, 3.63) is 12.2 Å². The van der Waals surface area contributed by atoms with Crippen molar-refractivity contribution in [2.75, 3.05) is 13.2 Å². The minimum atomic E-state index is -1.80. The molecule has 9 aliphatic rings. The van der Waals surface area contributed by atoms with Crippen molar-refractivity contribution >= 4 is 0 Å². The van der Waals surface area contributed by atoms with E-state index in [1.165, 1.54) is 6.92 Å². The number of fused-ring (bicyclic) bond motifs is 4. The minimum Gasteiger partial charge on any atom is -0.394 e. The van der Waals surface area contributed by atoms with E-state index in [9.17, 15) is 51.1 Å². The smallest absolute Gasteiger partial charge is 0.187 e. The van der Waals surface area contributed by atoms with Gasteiger partial charge in [-0.2, -0.15) is 0 Å². The second-order valence-corrected chi connectivity index (χ2v) is 23.9. The van der Waals surface area contributed by atoms with Crippen LogP contribution in [-0.2, 0) is 33.2 Å². The maximum absolute atomic E-state index is 12.2. The largest absolute Gasteiger partial charge is 0.394 e. The lowest BCUT2D eigenvalue weighted by Crippen LogP contribution is -2.73. The monoisotopic (exact) mass is 927 g/mol. The van der Waals surface area contributed by atoms with Gasteiger partial charge in [0, 0.05) is 16.7 Å². The summed E-state index contributed by atoms with van der Waals surface area (Å²) in [6.07, 6.45) is -14.0. The fourth-order valence-electron chi connectivity index (χ4n) is 15.7. The summed E-state index contributed by atoms with van der Waals surface area (Å²) >= 11 is 0. The topological polar surface area (TPSA) is 267 Å². The highest BCUT2D eigenvalue weighted by Crippen LogP contribution is 2.79. The van der Waals surface area contributed by atoms with Gasteiger partial charge in [0.1, 0.15) is 61.0 Å². The van der Waals surface area contributed by atoms with Gasteiger partial charge in [-0.3, -0.25) is 0 Å². The average molecular weight is 927 g/mol. The van der Waals surface area contributed by atoms with E-state index in [0.29, 0.717) is 25.9 Å². The van der Waals surface area contributed by atoms with Gasteiger partial charge >= 0.3 is 0 Å². The molecule has 2 bridgehead atoms. The molecule has 10 N–H and O–H groups in total. The van der Waals surface area contributed by atoms with E-state index >= 15 is 0 Å². The Hall–Kier alpha value is -0.940. The van der Waals surface area contributed by atoms with Crippen LogP contribution in [0, 0.1) is 50.2 Å². The lowest BCUT2D eigenvalue weighted by atomic mass is 9.32. The van der Waals surface area contributed by atoms with Gasteiger partial charge in [0.25, 0.3) is 0 Å². The molecule has 26 unspecified atom stereocenters. The summed E-state index contributed by atoms with van der Waals surface area (Å²) < 4.78 is 44.2. The molecule has 0 aromatic heterocycles. The first-order valence-electron chi connectivity index (χ1n) is 24.2. The molecule has 65 heavy (non-hydrogen) atoms. The molecule has 372 valence electrons. The zero-order valence-corrected chi connectivity index (χ0v) is 39.5. The first-order valence-corrected chi connectivity index (χ1v) is 24.2. The highest BCUT2D eigenvalue weighted by Gasteiger charge is 2.79. The van der Waals surface area contributed by atoms with Crippen LogP contribution in [0.4, 0.5) is 0 Å². The summed E-state index contributed by atoms with van der Waals surface area (Å²) in [7, 11) is 0. The van der Waals surface area contributed by atoms with Crippen molar-refractivity contribution in [2.24, 2.45) is 50.2 Å². The predicted octanol–water partition coefficient (Wildman–Crippen LogP) is 0.627. The molecule has 4 saturated carbocycles. The molecular formula is C48H78O17. The zero-order valence-electron chi connectivity index (χ0n) is 39.5. The minimum absolute atomic E-state index is 0.0747. The zero-order chi connectivity index (χ0) is 47.4. The number of allylic oxidation sites excluding steroid dienone is 1. The molecule has 9 rings (SSSR count). The molecule has 4 saturated heterocycles. The maximum Gasteiger partial charge on any atom is 0.187 e. The van der Waals surface area contributed by atoms with Gasteiger partial charge in [0.15, 0.2) is 18.9 Å². The predicted molar refractivity (Wildman–Crippen MR) is 228 cm³/mol. The second-order valence-electron chi connectivity index (χ2n) is 23.9. The van der Waals surface area contributed by atoms with E-state index < -0.39 is 133 Å². The lowest BCUT2D eigenvalue weighted by Gasteiger charge is -2.73. The molecule has 4 heterocycles. The van der Waals surface area contributed by atoms with Crippen LogP contribution in [0.15, 0.2) is 12.2 Å². The van der Waals surface area contributed by atoms with Gasteiger partial charge in [-0.25, -0.2) is 0 Å². The first-order chi connectivity index (χ1) is 30.2. The van der Waals surface area contributed by atoms with E-state index in [1.807, 2.05) is 0 Å². The van der Waals surface area contributed by atoms with Crippen LogP contribution in [0.2, 0.25) is 0 Å². The summed E-state index contributed by atoms with van der Waals surface area (Å²) in [6, 6.07) is 0. The van der Waals surface area contributed by atoms with E-state index in [1.54, 1.807) is 6.92 Å². The van der Waals surface area contributed by atoms with Gasteiger partial charge in [-0.15, -0.1) is 0 Å². The Balaban J connectivity index is 0.977. The summed E-state index contributed by atoms with van der Waals surface area (Å²) in [5.74, 6) is 0.381. The van der Waals surface area contributed by atoms with Crippen LogP contribution >= 0.6 is 0 Å². The van der Waals surface area contributed by atoms with Crippen LogP contribution in [0.3, 0.4) is 0 Å². The Bertz CT molecular complexity index is 1800. The molecule has 1 spiro atoms. The van der Waals surface area contributed by atoms with Crippen LogP contribution in [0.5, 0.6) is 0 Å². The average Bonchev–Trinajstić information content (AvgIpc) is 3.50. The van der Waals surface area contributed by atoms with E-state index in [0.717, 1.165) is 25.7 Å². The molecule has 0 radical (unpaired) electrons. The maximum atomic E-state index is 12.2. The third-order valence-electron chi connectivity index (χ3n) is 20.0. The second kappa shape index (κ2) is 16.3. The summed E-state index contributed by atoms with van der Waals surface area (Å²) in [6.45, 7) is 18.6. The first kappa shape index (κ1) is 49.1. The van der Waals surface area contributed by atoms with E-state index in [2.05, 4.69) is 60.6 Å². The number of hydrogen-bond acceptors (Lipinski definition) is 17. The molecule has 8 fully saturated rings. The fraction of sp³-hybridized carbons (Fsp3) is 0.958. The van der Waals surface area contributed by atoms with Gasteiger partial charge in [0.2, 0.25) is 0 Å². The van der Waals surface area contributed by atoms with Crippen LogP contribution in [0.25, 0.3) is 0 Å². The third kappa shape index (κ3) is 6.87. The quantitative estimate of drug-likeness (QED) is 0.124. The van der Waals surface area contributed by atoms with Crippen molar-refractivity contribution in [1.29, 1.82) is 0 Å². The van der Waals surface area contributed by atoms with Gasteiger partial charge in [-0.1, -0.05) is 60.6 Å². The fourth-order valence-corrected chi connectivity index (χ4v) is 15.7. The number of rotatable bonds is 7.